The van der Waals surface area contributed by atoms with Gasteiger partial charge in [0.15, 0.2) is 5.82 Å². The molecule has 0 spiro atoms. The monoisotopic (exact) mass is 230 g/mol. The first-order valence-electron chi connectivity index (χ1n) is 5.79. The lowest BCUT2D eigenvalue weighted by atomic mass is 10.2. The molecule has 0 bridgehead atoms. The van der Waals surface area contributed by atoms with Crippen LogP contribution in [-0.4, -0.2) is 15.1 Å². The van der Waals surface area contributed by atoms with Crippen molar-refractivity contribution in [1.29, 1.82) is 0 Å². The quantitative estimate of drug-likeness (QED) is 0.866. The Bertz CT molecular complexity index is 523. The van der Waals surface area contributed by atoms with Crippen molar-refractivity contribution in [3.63, 3.8) is 0 Å². The van der Waals surface area contributed by atoms with E-state index >= 15 is 0 Å². The molecule has 0 radical (unpaired) electrons. The van der Waals surface area contributed by atoms with Crippen LogP contribution in [0.3, 0.4) is 0 Å². The SMILES string of the molecule is Cc1nc(CNC2CCc3cccnc32)no1. The Kier molecular flexibility index (Phi) is 2.60. The molecule has 1 N–H and O–H groups in total. The van der Waals surface area contributed by atoms with E-state index < -0.39 is 0 Å². The van der Waals surface area contributed by atoms with E-state index in [0.29, 0.717) is 24.3 Å². The van der Waals surface area contributed by atoms with Gasteiger partial charge in [0, 0.05) is 13.1 Å². The van der Waals surface area contributed by atoms with Crippen LogP contribution in [0.4, 0.5) is 0 Å². The Morgan fingerprint density at radius 3 is 3.29 bits per heavy atom. The van der Waals surface area contributed by atoms with E-state index in [9.17, 15) is 0 Å². The summed E-state index contributed by atoms with van der Waals surface area (Å²) in [7, 11) is 0. The van der Waals surface area contributed by atoms with Crippen LogP contribution in [0, 0.1) is 6.92 Å². The Morgan fingerprint density at radius 1 is 1.53 bits per heavy atom. The molecule has 0 saturated carbocycles. The van der Waals surface area contributed by atoms with Crippen molar-refractivity contribution in [2.24, 2.45) is 0 Å². The maximum absolute atomic E-state index is 4.93. The van der Waals surface area contributed by atoms with Crippen LogP contribution in [0.2, 0.25) is 0 Å². The molecular weight excluding hydrogens is 216 g/mol. The van der Waals surface area contributed by atoms with Gasteiger partial charge in [-0.15, -0.1) is 0 Å². The lowest BCUT2D eigenvalue weighted by Gasteiger charge is -2.10. The zero-order valence-corrected chi connectivity index (χ0v) is 9.68. The average Bonchev–Trinajstić information content (AvgIpc) is 2.93. The first-order chi connectivity index (χ1) is 8.33. The van der Waals surface area contributed by atoms with Crippen LogP contribution in [0.15, 0.2) is 22.9 Å². The van der Waals surface area contributed by atoms with Crippen LogP contribution in [0.1, 0.15) is 35.4 Å². The van der Waals surface area contributed by atoms with Crippen molar-refractivity contribution in [3.8, 4) is 0 Å². The molecule has 2 heterocycles. The van der Waals surface area contributed by atoms with Gasteiger partial charge in [0.2, 0.25) is 5.89 Å². The predicted octanol–water partition coefficient (Wildman–Crippen LogP) is 1.55. The number of aromatic nitrogens is 3. The fourth-order valence-corrected chi connectivity index (χ4v) is 2.24. The lowest BCUT2D eigenvalue weighted by Crippen LogP contribution is -2.20. The Labute approximate surface area is 99.3 Å². The maximum Gasteiger partial charge on any atom is 0.223 e. The molecule has 2 aromatic heterocycles. The highest BCUT2D eigenvalue weighted by molar-refractivity contribution is 5.27. The molecule has 88 valence electrons. The van der Waals surface area contributed by atoms with E-state index in [0.717, 1.165) is 18.5 Å². The number of nitrogens with zero attached hydrogens (tertiary/aromatic N) is 3. The van der Waals surface area contributed by atoms with Gasteiger partial charge in [0.05, 0.1) is 18.3 Å². The second-order valence-corrected chi connectivity index (χ2v) is 4.25. The van der Waals surface area contributed by atoms with E-state index in [4.69, 9.17) is 4.52 Å². The van der Waals surface area contributed by atoms with E-state index in [-0.39, 0.29) is 0 Å². The van der Waals surface area contributed by atoms with Crippen LogP contribution in [0.25, 0.3) is 0 Å². The van der Waals surface area contributed by atoms with Crippen molar-refractivity contribution in [2.45, 2.75) is 32.4 Å². The molecule has 0 amide bonds. The van der Waals surface area contributed by atoms with Crippen molar-refractivity contribution < 1.29 is 4.52 Å². The number of nitrogens with one attached hydrogen (secondary N) is 1. The molecule has 2 aromatic rings. The molecule has 3 rings (SSSR count). The number of hydrogen-bond acceptors (Lipinski definition) is 5. The number of pyridine rings is 1. The highest BCUT2D eigenvalue weighted by Crippen LogP contribution is 2.28. The van der Waals surface area contributed by atoms with E-state index in [1.807, 2.05) is 12.3 Å². The predicted molar refractivity (Wildman–Crippen MR) is 61.2 cm³/mol. The summed E-state index contributed by atoms with van der Waals surface area (Å²) < 4.78 is 4.93. The van der Waals surface area contributed by atoms with E-state index in [1.54, 1.807) is 6.92 Å². The molecule has 0 aromatic carbocycles. The molecule has 1 atom stereocenters. The van der Waals surface area contributed by atoms with Gasteiger partial charge in [0.25, 0.3) is 0 Å². The summed E-state index contributed by atoms with van der Waals surface area (Å²) in [5, 5.41) is 7.28. The summed E-state index contributed by atoms with van der Waals surface area (Å²) in [5.41, 5.74) is 2.50. The third kappa shape index (κ3) is 2.06. The van der Waals surface area contributed by atoms with Gasteiger partial charge in [-0.1, -0.05) is 11.2 Å². The van der Waals surface area contributed by atoms with Crippen molar-refractivity contribution in [1.82, 2.24) is 20.4 Å². The summed E-state index contributed by atoms with van der Waals surface area (Å²) in [6.07, 6.45) is 4.02. The molecule has 1 aliphatic rings. The molecule has 5 heteroatoms. The molecule has 1 unspecified atom stereocenters. The van der Waals surface area contributed by atoms with E-state index in [1.165, 1.54) is 5.56 Å². The topological polar surface area (TPSA) is 63.8 Å². The minimum absolute atomic E-state index is 0.310. The summed E-state index contributed by atoms with van der Waals surface area (Å²) in [4.78, 5) is 8.60. The largest absolute Gasteiger partial charge is 0.340 e. The fourth-order valence-electron chi connectivity index (χ4n) is 2.24. The molecule has 0 fully saturated rings. The minimum atomic E-state index is 0.310. The van der Waals surface area contributed by atoms with Crippen LogP contribution in [-0.2, 0) is 13.0 Å². The number of hydrogen-bond donors (Lipinski definition) is 1. The average molecular weight is 230 g/mol. The summed E-state index contributed by atoms with van der Waals surface area (Å²) in [6.45, 7) is 2.42. The fraction of sp³-hybridized carbons (Fsp3) is 0.417. The van der Waals surface area contributed by atoms with Crippen molar-refractivity contribution in [3.05, 3.63) is 41.3 Å². The Balaban J connectivity index is 1.68. The summed E-state index contributed by atoms with van der Waals surface area (Å²) in [6, 6.07) is 4.44. The van der Waals surface area contributed by atoms with Crippen LogP contribution >= 0.6 is 0 Å². The zero-order chi connectivity index (χ0) is 11.7. The minimum Gasteiger partial charge on any atom is -0.340 e. The standard InChI is InChI=1S/C12H14N4O/c1-8-15-11(16-17-8)7-14-10-5-4-9-3-2-6-13-12(9)10/h2-3,6,10,14H,4-5,7H2,1H3. The van der Waals surface area contributed by atoms with Gasteiger partial charge in [-0.25, -0.2) is 0 Å². The maximum atomic E-state index is 4.93. The Morgan fingerprint density at radius 2 is 2.47 bits per heavy atom. The number of fused-ring (bicyclic) bond motifs is 1. The van der Waals surface area contributed by atoms with Crippen molar-refractivity contribution >= 4 is 0 Å². The third-order valence-electron chi connectivity index (χ3n) is 3.03. The second-order valence-electron chi connectivity index (χ2n) is 4.25. The molecule has 1 aliphatic carbocycles. The second kappa shape index (κ2) is 4.25. The third-order valence-corrected chi connectivity index (χ3v) is 3.03. The van der Waals surface area contributed by atoms with Crippen LogP contribution in [0.5, 0.6) is 0 Å². The molecule has 5 nitrogen and oxygen atoms in total. The van der Waals surface area contributed by atoms with Gasteiger partial charge in [-0.05, 0) is 24.5 Å². The van der Waals surface area contributed by atoms with E-state index in [2.05, 4.69) is 26.5 Å². The van der Waals surface area contributed by atoms with Crippen LogP contribution < -0.4 is 5.32 Å². The first-order valence-corrected chi connectivity index (χ1v) is 5.79. The molecule has 0 saturated heterocycles. The van der Waals surface area contributed by atoms with Gasteiger partial charge in [0.1, 0.15) is 0 Å². The zero-order valence-electron chi connectivity index (χ0n) is 9.68. The highest BCUT2D eigenvalue weighted by Gasteiger charge is 2.23. The Hall–Kier alpha value is -1.75. The van der Waals surface area contributed by atoms with Gasteiger partial charge in [-0.2, -0.15) is 4.98 Å². The molecular formula is C12H14N4O. The normalized spacial score (nSPS) is 18.3. The summed E-state index contributed by atoms with van der Waals surface area (Å²) in [5.74, 6) is 1.30. The highest BCUT2D eigenvalue weighted by atomic mass is 16.5. The smallest absolute Gasteiger partial charge is 0.223 e. The first kappa shape index (κ1) is 10.4. The van der Waals surface area contributed by atoms with Gasteiger partial charge < -0.3 is 9.84 Å². The lowest BCUT2D eigenvalue weighted by molar-refractivity contribution is 0.383. The molecule has 17 heavy (non-hydrogen) atoms. The van der Waals surface area contributed by atoms with Crippen molar-refractivity contribution in [2.75, 3.05) is 0 Å². The van der Waals surface area contributed by atoms with Gasteiger partial charge >= 0.3 is 0 Å². The molecule has 0 aliphatic heterocycles. The number of rotatable bonds is 3. The summed E-state index contributed by atoms with van der Waals surface area (Å²) >= 11 is 0. The van der Waals surface area contributed by atoms with Gasteiger partial charge in [-0.3, -0.25) is 4.98 Å². The number of aryl methyl sites for hydroxylation is 2.